The number of piperazine rings is 1. The molecule has 1 heterocycles. The molecule has 3 rings (SSSR count). The molecule has 1 saturated carbocycles. The fourth-order valence-corrected chi connectivity index (χ4v) is 3.40. The molecule has 2 aliphatic rings. The van der Waals surface area contributed by atoms with Crippen molar-refractivity contribution in [2.45, 2.75) is 31.1 Å². The minimum Gasteiger partial charge on any atom is -0.481 e. The fraction of sp³-hybridized carbons (Fsp3) is 0.438. The monoisotopic (exact) mass is 302 g/mol. The van der Waals surface area contributed by atoms with Gasteiger partial charge >= 0.3 is 17.8 Å². The summed E-state index contributed by atoms with van der Waals surface area (Å²) in [5.74, 6) is -2.03. The first-order valence-corrected chi connectivity index (χ1v) is 7.48. The van der Waals surface area contributed by atoms with Crippen LogP contribution in [0.25, 0.3) is 0 Å². The minimum atomic E-state index is -0.864. The number of aliphatic carboxylic acids is 1. The average Bonchev–Trinajstić information content (AvgIpc) is 3.01. The Balaban J connectivity index is 1.97. The Hall–Kier alpha value is -2.37. The van der Waals surface area contributed by atoms with Crippen LogP contribution in [-0.2, 0) is 19.8 Å². The Morgan fingerprint density at radius 3 is 2.64 bits per heavy atom. The van der Waals surface area contributed by atoms with Crippen LogP contribution < -0.4 is 10.2 Å². The summed E-state index contributed by atoms with van der Waals surface area (Å²) in [5, 5.41) is 12.2. The van der Waals surface area contributed by atoms with E-state index in [1.54, 1.807) is 24.3 Å². The van der Waals surface area contributed by atoms with Crippen molar-refractivity contribution < 1.29 is 19.5 Å². The van der Waals surface area contributed by atoms with E-state index in [2.05, 4.69) is 5.32 Å². The summed E-state index contributed by atoms with van der Waals surface area (Å²) in [6.07, 6.45) is 3.00. The molecule has 0 radical (unpaired) electrons. The predicted molar refractivity (Wildman–Crippen MR) is 79.6 cm³/mol. The first-order chi connectivity index (χ1) is 10.5. The maximum Gasteiger partial charge on any atom is 0.316 e. The van der Waals surface area contributed by atoms with Gasteiger partial charge in [0.1, 0.15) is 0 Å². The van der Waals surface area contributed by atoms with Gasteiger partial charge in [-0.1, -0.05) is 25.0 Å². The van der Waals surface area contributed by atoms with E-state index >= 15 is 0 Å². The highest BCUT2D eigenvalue weighted by molar-refractivity contribution is 6.41. The van der Waals surface area contributed by atoms with Gasteiger partial charge in [0.05, 0.1) is 5.41 Å². The molecule has 0 atom stereocenters. The lowest BCUT2D eigenvalue weighted by Crippen LogP contribution is -2.52. The van der Waals surface area contributed by atoms with Crippen LogP contribution in [0.1, 0.15) is 31.2 Å². The number of hydrogen-bond acceptors (Lipinski definition) is 3. The smallest absolute Gasteiger partial charge is 0.316 e. The summed E-state index contributed by atoms with van der Waals surface area (Å²) in [5.41, 5.74) is 0.440. The average molecular weight is 302 g/mol. The molecule has 2 amide bonds. The molecular formula is C16H18N2O4. The third-order valence-electron chi connectivity index (χ3n) is 4.64. The quantitative estimate of drug-likeness (QED) is 0.817. The highest BCUT2D eigenvalue weighted by atomic mass is 16.4. The molecule has 0 bridgehead atoms. The van der Waals surface area contributed by atoms with Crippen molar-refractivity contribution in [2.24, 2.45) is 0 Å². The molecule has 116 valence electrons. The fourth-order valence-electron chi connectivity index (χ4n) is 3.40. The highest BCUT2D eigenvalue weighted by Gasteiger charge is 2.43. The maximum atomic E-state index is 12.0. The lowest BCUT2D eigenvalue weighted by molar-refractivity contribution is -0.143. The number of carbonyl (C=O) groups excluding carboxylic acids is 2. The number of rotatable bonds is 3. The highest BCUT2D eigenvalue weighted by Crippen LogP contribution is 2.42. The Kier molecular flexibility index (Phi) is 3.60. The molecule has 1 aromatic carbocycles. The van der Waals surface area contributed by atoms with E-state index in [0.29, 0.717) is 37.2 Å². The maximum absolute atomic E-state index is 12.0. The Bertz CT molecular complexity index is 635. The number of hydrogen-bond donors (Lipinski definition) is 2. The summed E-state index contributed by atoms with van der Waals surface area (Å²) >= 11 is 0. The van der Waals surface area contributed by atoms with Crippen molar-refractivity contribution in [3.05, 3.63) is 29.8 Å². The first kappa shape index (κ1) is 14.6. The van der Waals surface area contributed by atoms with Crippen LogP contribution in [0.15, 0.2) is 24.3 Å². The number of carboxylic acid groups (broad SMARTS) is 1. The van der Waals surface area contributed by atoms with Crippen LogP contribution in [0.3, 0.4) is 0 Å². The standard InChI is InChI=1S/C16H18N2O4/c19-13-14(20)18(9-8-17-13)12-5-3-4-11(10-12)16(15(21)22)6-1-2-7-16/h3-5,10H,1-2,6-9H2,(H,17,19)(H,21,22). The number of anilines is 1. The van der Waals surface area contributed by atoms with Gasteiger partial charge in [-0.25, -0.2) is 0 Å². The zero-order chi connectivity index (χ0) is 15.7. The molecule has 0 unspecified atom stereocenters. The van der Waals surface area contributed by atoms with E-state index in [9.17, 15) is 19.5 Å². The van der Waals surface area contributed by atoms with Crippen LogP contribution >= 0.6 is 0 Å². The number of nitrogens with one attached hydrogen (secondary N) is 1. The summed E-state index contributed by atoms with van der Waals surface area (Å²) < 4.78 is 0. The summed E-state index contributed by atoms with van der Waals surface area (Å²) in [6.45, 7) is 0.799. The second-order valence-corrected chi connectivity index (χ2v) is 5.86. The van der Waals surface area contributed by atoms with Crippen LogP contribution in [0, 0.1) is 0 Å². The molecule has 6 heteroatoms. The van der Waals surface area contributed by atoms with Gasteiger partial charge in [-0.2, -0.15) is 0 Å². The molecule has 2 fully saturated rings. The summed E-state index contributed by atoms with van der Waals surface area (Å²) in [4.78, 5) is 36.7. The topological polar surface area (TPSA) is 86.7 Å². The van der Waals surface area contributed by atoms with Crippen molar-refractivity contribution in [1.29, 1.82) is 0 Å². The Labute approximate surface area is 128 Å². The number of amides is 2. The van der Waals surface area contributed by atoms with E-state index in [1.807, 2.05) is 0 Å². The normalized spacial score (nSPS) is 20.8. The minimum absolute atomic E-state index is 0.397. The molecule has 1 aromatic rings. The van der Waals surface area contributed by atoms with Crippen LogP contribution in [0.4, 0.5) is 5.69 Å². The van der Waals surface area contributed by atoms with E-state index in [1.165, 1.54) is 4.90 Å². The number of benzene rings is 1. The van der Waals surface area contributed by atoms with Crippen LogP contribution in [0.5, 0.6) is 0 Å². The van der Waals surface area contributed by atoms with Gasteiger partial charge in [0.15, 0.2) is 0 Å². The van der Waals surface area contributed by atoms with Gasteiger partial charge in [-0.3, -0.25) is 14.4 Å². The summed E-state index contributed by atoms with van der Waals surface area (Å²) in [7, 11) is 0. The van der Waals surface area contributed by atoms with Crippen molar-refractivity contribution in [3.63, 3.8) is 0 Å². The summed E-state index contributed by atoms with van der Waals surface area (Å²) in [6, 6.07) is 7.05. The number of carboxylic acids is 1. The molecule has 2 N–H and O–H groups in total. The predicted octanol–water partition coefficient (Wildman–Crippen LogP) is 1.05. The second kappa shape index (κ2) is 5.44. The van der Waals surface area contributed by atoms with Crippen molar-refractivity contribution >= 4 is 23.5 Å². The zero-order valence-electron chi connectivity index (χ0n) is 12.2. The van der Waals surface area contributed by atoms with Gasteiger partial charge in [0.2, 0.25) is 0 Å². The van der Waals surface area contributed by atoms with Gasteiger partial charge in [0, 0.05) is 18.8 Å². The van der Waals surface area contributed by atoms with E-state index < -0.39 is 23.2 Å². The molecule has 0 aromatic heterocycles. The Morgan fingerprint density at radius 1 is 1.23 bits per heavy atom. The van der Waals surface area contributed by atoms with Gasteiger partial charge in [-0.15, -0.1) is 0 Å². The Morgan fingerprint density at radius 2 is 1.95 bits per heavy atom. The number of nitrogens with zero attached hydrogens (tertiary/aromatic N) is 1. The SMILES string of the molecule is O=C1NCCN(c2cccc(C3(C(=O)O)CCCC3)c2)C1=O. The van der Waals surface area contributed by atoms with Crippen molar-refractivity contribution in [1.82, 2.24) is 5.32 Å². The third-order valence-corrected chi connectivity index (χ3v) is 4.64. The van der Waals surface area contributed by atoms with Crippen LogP contribution in [0.2, 0.25) is 0 Å². The third kappa shape index (κ3) is 2.24. The molecule has 6 nitrogen and oxygen atoms in total. The van der Waals surface area contributed by atoms with E-state index in [4.69, 9.17) is 0 Å². The zero-order valence-corrected chi connectivity index (χ0v) is 12.2. The first-order valence-electron chi connectivity index (χ1n) is 7.48. The number of carbonyl (C=O) groups is 3. The molecule has 1 aliphatic heterocycles. The molecule has 1 aliphatic carbocycles. The van der Waals surface area contributed by atoms with Crippen molar-refractivity contribution in [3.8, 4) is 0 Å². The van der Waals surface area contributed by atoms with Crippen LogP contribution in [-0.4, -0.2) is 36.0 Å². The molecule has 0 spiro atoms. The molecule has 1 saturated heterocycles. The lowest BCUT2D eigenvalue weighted by Gasteiger charge is -2.29. The van der Waals surface area contributed by atoms with Crippen molar-refractivity contribution in [2.75, 3.05) is 18.0 Å². The lowest BCUT2D eigenvalue weighted by atomic mass is 9.79. The van der Waals surface area contributed by atoms with Gasteiger partial charge < -0.3 is 15.3 Å². The van der Waals surface area contributed by atoms with E-state index in [-0.39, 0.29) is 0 Å². The molecular weight excluding hydrogens is 284 g/mol. The van der Waals surface area contributed by atoms with Gasteiger partial charge in [0.25, 0.3) is 0 Å². The van der Waals surface area contributed by atoms with Gasteiger partial charge in [-0.05, 0) is 30.5 Å². The molecule has 22 heavy (non-hydrogen) atoms. The second-order valence-electron chi connectivity index (χ2n) is 5.86. The largest absolute Gasteiger partial charge is 0.481 e. The van der Waals surface area contributed by atoms with E-state index in [0.717, 1.165) is 12.8 Å².